The number of likely N-dealkylation sites (tertiary alicyclic amines) is 1. The number of hydrogen-bond acceptors (Lipinski definition) is 3. The van der Waals surface area contributed by atoms with Crippen LogP contribution in [0.25, 0.3) is 0 Å². The Kier molecular flexibility index (Phi) is 2.39. The molecule has 2 aliphatic rings. The summed E-state index contributed by atoms with van der Waals surface area (Å²) in [5, 5.41) is 1.89. The summed E-state index contributed by atoms with van der Waals surface area (Å²) in [6, 6.07) is 1.81. The summed E-state index contributed by atoms with van der Waals surface area (Å²) in [6.07, 6.45) is 3.95. The van der Waals surface area contributed by atoms with Gasteiger partial charge in [-0.25, -0.2) is 0 Å². The quantitative estimate of drug-likeness (QED) is 0.812. The van der Waals surface area contributed by atoms with Crippen molar-refractivity contribution >= 4 is 22.9 Å². The number of nitrogen functional groups attached to an aromatic ring is 1. The van der Waals surface area contributed by atoms with Crippen molar-refractivity contribution in [1.82, 2.24) is 4.90 Å². The first-order valence-electron chi connectivity index (χ1n) is 5.88. The predicted octanol–water partition coefficient (Wildman–Crippen LogP) is 2.20. The Balaban J connectivity index is 1.75. The monoisotopic (exact) mass is 236 g/mol. The summed E-state index contributed by atoms with van der Waals surface area (Å²) in [7, 11) is 0. The zero-order valence-corrected chi connectivity index (χ0v) is 10.0. The molecule has 1 saturated carbocycles. The molecule has 1 amide bonds. The van der Waals surface area contributed by atoms with Crippen LogP contribution in [0.4, 0.5) is 5.69 Å². The smallest absolute Gasteiger partial charge is 0.266 e. The Morgan fingerprint density at radius 1 is 1.38 bits per heavy atom. The average molecular weight is 236 g/mol. The maximum absolute atomic E-state index is 12.2. The van der Waals surface area contributed by atoms with Crippen LogP contribution in [0.1, 0.15) is 28.9 Å². The van der Waals surface area contributed by atoms with Gasteiger partial charge in [-0.05, 0) is 36.1 Å². The molecule has 1 aromatic heterocycles. The Morgan fingerprint density at radius 3 is 2.62 bits per heavy atom. The largest absolute Gasteiger partial charge is 0.397 e. The highest BCUT2D eigenvalue weighted by molar-refractivity contribution is 7.12. The van der Waals surface area contributed by atoms with Gasteiger partial charge in [0.25, 0.3) is 5.91 Å². The summed E-state index contributed by atoms with van der Waals surface area (Å²) in [5.74, 6) is 1.65. The first-order valence-corrected chi connectivity index (χ1v) is 6.76. The maximum atomic E-state index is 12.2. The fourth-order valence-electron chi connectivity index (χ4n) is 3.04. The van der Waals surface area contributed by atoms with Crippen LogP contribution in [-0.2, 0) is 0 Å². The van der Waals surface area contributed by atoms with E-state index in [0.717, 1.165) is 29.8 Å². The molecule has 2 atom stereocenters. The molecule has 2 N–H and O–H groups in total. The predicted molar refractivity (Wildman–Crippen MR) is 65.5 cm³/mol. The summed E-state index contributed by atoms with van der Waals surface area (Å²) in [5.41, 5.74) is 6.42. The van der Waals surface area contributed by atoms with Gasteiger partial charge in [-0.3, -0.25) is 4.79 Å². The zero-order chi connectivity index (χ0) is 11.1. The molecule has 0 bridgehead atoms. The van der Waals surface area contributed by atoms with E-state index < -0.39 is 0 Å². The van der Waals surface area contributed by atoms with E-state index in [4.69, 9.17) is 5.73 Å². The van der Waals surface area contributed by atoms with Crippen LogP contribution in [0.2, 0.25) is 0 Å². The molecular weight excluding hydrogens is 220 g/mol. The van der Waals surface area contributed by atoms with Crippen LogP contribution in [0.3, 0.4) is 0 Å². The molecular formula is C12H16N2OS. The molecule has 16 heavy (non-hydrogen) atoms. The third-order valence-corrected chi connectivity index (χ3v) is 4.82. The van der Waals surface area contributed by atoms with E-state index in [1.807, 2.05) is 16.3 Å². The number of fused-ring (bicyclic) bond motifs is 1. The lowest BCUT2D eigenvalue weighted by Crippen LogP contribution is -2.29. The Morgan fingerprint density at radius 2 is 2.06 bits per heavy atom. The molecule has 0 radical (unpaired) electrons. The fourth-order valence-corrected chi connectivity index (χ4v) is 3.82. The van der Waals surface area contributed by atoms with Crippen molar-refractivity contribution in [3.63, 3.8) is 0 Å². The van der Waals surface area contributed by atoms with Crippen LogP contribution in [0, 0.1) is 11.8 Å². The average Bonchev–Trinajstić information content (AvgIpc) is 2.89. The van der Waals surface area contributed by atoms with Crippen molar-refractivity contribution in [2.75, 3.05) is 18.8 Å². The summed E-state index contributed by atoms with van der Waals surface area (Å²) in [4.78, 5) is 14.9. The van der Waals surface area contributed by atoms with Gasteiger partial charge in [0.05, 0.1) is 5.69 Å². The molecule has 3 rings (SSSR count). The van der Waals surface area contributed by atoms with Crippen molar-refractivity contribution in [3.8, 4) is 0 Å². The highest BCUT2D eigenvalue weighted by atomic mass is 32.1. The van der Waals surface area contributed by atoms with Crippen LogP contribution >= 0.6 is 11.3 Å². The standard InChI is InChI=1S/C12H16N2OS/c13-10-4-5-16-11(10)12(15)14-6-8-2-1-3-9(8)7-14/h4-5,8-9H,1-3,6-7,13H2. The molecule has 2 heterocycles. The van der Waals surface area contributed by atoms with E-state index >= 15 is 0 Å². The third-order valence-electron chi connectivity index (χ3n) is 3.90. The van der Waals surface area contributed by atoms with Gasteiger partial charge >= 0.3 is 0 Å². The number of nitrogens with two attached hydrogens (primary N) is 1. The molecule has 2 unspecified atom stereocenters. The Bertz CT molecular complexity index is 403. The second kappa shape index (κ2) is 3.77. The van der Waals surface area contributed by atoms with Gasteiger partial charge in [0.15, 0.2) is 0 Å². The van der Waals surface area contributed by atoms with Crippen molar-refractivity contribution in [2.45, 2.75) is 19.3 Å². The van der Waals surface area contributed by atoms with Gasteiger partial charge in [-0.2, -0.15) is 0 Å². The number of anilines is 1. The van der Waals surface area contributed by atoms with E-state index in [1.54, 1.807) is 0 Å². The number of carbonyl (C=O) groups is 1. The SMILES string of the molecule is Nc1ccsc1C(=O)N1CC2CCCC2C1. The molecule has 1 aromatic rings. The van der Waals surface area contributed by atoms with Crippen molar-refractivity contribution < 1.29 is 4.79 Å². The lowest BCUT2D eigenvalue weighted by Gasteiger charge is -2.16. The van der Waals surface area contributed by atoms with Crippen LogP contribution in [0.5, 0.6) is 0 Å². The topological polar surface area (TPSA) is 46.3 Å². The van der Waals surface area contributed by atoms with E-state index in [-0.39, 0.29) is 5.91 Å². The number of rotatable bonds is 1. The lowest BCUT2D eigenvalue weighted by atomic mass is 10.0. The van der Waals surface area contributed by atoms with Gasteiger partial charge in [0, 0.05) is 13.1 Å². The van der Waals surface area contributed by atoms with Crippen LogP contribution in [-0.4, -0.2) is 23.9 Å². The number of hydrogen-bond donors (Lipinski definition) is 1. The summed E-state index contributed by atoms with van der Waals surface area (Å²) >= 11 is 1.46. The minimum atomic E-state index is 0.141. The second-order valence-electron chi connectivity index (χ2n) is 4.87. The van der Waals surface area contributed by atoms with E-state index in [0.29, 0.717) is 5.69 Å². The number of carbonyl (C=O) groups excluding carboxylic acids is 1. The Hall–Kier alpha value is -1.03. The van der Waals surface area contributed by atoms with Gasteiger partial charge in [-0.15, -0.1) is 11.3 Å². The highest BCUT2D eigenvalue weighted by Crippen LogP contribution is 2.38. The Labute approximate surface area is 99.2 Å². The van der Waals surface area contributed by atoms with E-state index in [2.05, 4.69) is 0 Å². The summed E-state index contributed by atoms with van der Waals surface area (Å²) < 4.78 is 0. The molecule has 1 aliphatic heterocycles. The third kappa shape index (κ3) is 1.52. The number of amides is 1. The van der Waals surface area contributed by atoms with Crippen LogP contribution < -0.4 is 5.73 Å². The number of thiophene rings is 1. The van der Waals surface area contributed by atoms with E-state index in [9.17, 15) is 4.79 Å². The molecule has 1 aliphatic carbocycles. The van der Waals surface area contributed by atoms with Crippen molar-refractivity contribution in [2.24, 2.45) is 11.8 Å². The molecule has 4 heteroatoms. The van der Waals surface area contributed by atoms with Crippen molar-refractivity contribution in [1.29, 1.82) is 0 Å². The fraction of sp³-hybridized carbons (Fsp3) is 0.583. The second-order valence-corrected chi connectivity index (χ2v) is 5.78. The molecule has 0 spiro atoms. The molecule has 0 aromatic carbocycles. The first kappa shape index (κ1) is 10.1. The van der Waals surface area contributed by atoms with Gasteiger partial charge in [-0.1, -0.05) is 6.42 Å². The van der Waals surface area contributed by atoms with Crippen molar-refractivity contribution in [3.05, 3.63) is 16.3 Å². The zero-order valence-electron chi connectivity index (χ0n) is 9.19. The van der Waals surface area contributed by atoms with Gasteiger partial charge < -0.3 is 10.6 Å². The van der Waals surface area contributed by atoms with Crippen LogP contribution in [0.15, 0.2) is 11.4 Å². The minimum absolute atomic E-state index is 0.141. The summed E-state index contributed by atoms with van der Waals surface area (Å²) in [6.45, 7) is 1.89. The highest BCUT2D eigenvalue weighted by Gasteiger charge is 2.38. The van der Waals surface area contributed by atoms with Gasteiger partial charge in [0.2, 0.25) is 0 Å². The first-order chi connectivity index (χ1) is 7.75. The van der Waals surface area contributed by atoms with E-state index in [1.165, 1.54) is 30.6 Å². The van der Waals surface area contributed by atoms with Gasteiger partial charge in [0.1, 0.15) is 4.88 Å². The molecule has 86 valence electrons. The lowest BCUT2D eigenvalue weighted by molar-refractivity contribution is 0.0786. The number of nitrogens with zero attached hydrogens (tertiary/aromatic N) is 1. The molecule has 3 nitrogen and oxygen atoms in total. The molecule has 1 saturated heterocycles. The maximum Gasteiger partial charge on any atom is 0.266 e. The minimum Gasteiger partial charge on any atom is -0.397 e. The molecule has 2 fully saturated rings. The normalized spacial score (nSPS) is 28.4.